The highest BCUT2D eigenvalue weighted by molar-refractivity contribution is 9.10. The molecule has 0 amide bonds. The molecule has 2 aromatic carbocycles. The molecule has 0 spiro atoms. The maximum absolute atomic E-state index is 13.6. The minimum absolute atomic E-state index is 0.0479. The predicted octanol–water partition coefficient (Wildman–Crippen LogP) is 4.35. The monoisotopic (exact) mass is 344 g/mol. The molecule has 0 fully saturated rings. The molecule has 0 aliphatic heterocycles. The summed E-state index contributed by atoms with van der Waals surface area (Å²) in [5, 5.41) is 10.5. The third-order valence-electron chi connectivity index (χ3n) is 2.52. The van der Waals surface area contributed by atoms with Crippen LogP contribution >= 0.6 is 27.5 Å². The van der Waals surface area contributed by atoms with Crippen molar-refractivity contribution in [2.45, 2.75) is 6.10 Å². The third kappa shape index (κ3) is 3.93. The van der Waals surface area contributed by atoms with Gasteiger partial charge in [-0.1, -0.05) is 33.6 Å². The Hall–Kier alpha value is -1.10. The van der Waals surface area contributed by atoms with Gasteiger partial charge in [0.25, 0.3) is 0 Å². The molecule has 1 N–H and O–H groups in total. The van der Waals surface area contributed by atoms with Crippen molar-refractivity contribution in [1.29, 1.82) is 0 Å². The standard InChI is InChI=1S/C14H11BrClFO2/c15-9-4-5-13(17)12(6-9)14(18)8-19-11-3-1-2-10(16)7-11/h1-7,14,18H,8H2. The normalized spacial score (nSPS) is 12.2. The zero-order valence-electron chi connectivity index (χ0n) is 9.82. The predicted molar refractivity (Wildman–Crippen MR) is 76.0 cm³/mol. The van der Waals surface area contributed by atoms with E-state index in [4.69, 9.17) is 16.3 Å². The van der Waals surface area contributed by atoms with Gasteiger partial charge in [0.05, 0.1) is 0 Å². The van der Waals surface area contributed by atoms with E-state index in [0.717, 1.165) is 0 Å². The number of hydrogen-bond donors (Lipinski definition) is 1. The van der Waals surface area contributed by atoms with E-state index in [0.29, 0.717) is 15.2 Å². The Morgan fingerprint density at radius 3 is 2.79 bits per heavy atom. The fourth-order valence-electron chi connectivity index (χ4n) is 1.59. The lowest BCUT2D eigenvalue weighted by Gasteiger charge is -2.14. The molecule has 1 atom stereocenters. The molecule has 0 saturated heterocycles. The smallest absolute Gasteiger partial charge is 0.129 e. The van der Waals surface area contributed by atoms with Gasteiger partial charge in [-0.25, -0.2) is 4.39 Å². The van der Waals surface area contributed by atoms with E-state index in [1.54, 1.807) is 30.3 Å². The van der Waals surface area contributed by atoms with Gasteiger partial charge in [0, 0.05) is 15.1 Å². The minimum Gasteiger partial charge on any atom is -0.490 e. The lowest BCUT2D eigenvalue weighted by molar-refractivity contribution is 0.105. The van der Waals surface area contributed by atoms with Crippen LogP contribution in [-0.2, 0) is 0 Å². The molecule has 1 unspecified atom stereocenters. The summed E-state index contributed by atoms with van der Waals surface area (Å²) < 4.78 is 19.6. The zero-order valence-corrected chi connectivity index (χ0v) is 12.2. The number of benzene rings is 2. The molecule has 0 aliphatic rings. The van der Waals surface area contributed by atoms with Crippen LogP contribution in [0.15, 0.2) is 46.9 Å². The van der Waals surface area contributed by atoms with Crippen molar-refractivity contribution in [3.8, 4) is 5.75 Å². The summed E-state index contributed by atoms with van der Waals surface area (Å²) in [5.74, 6) is 0.0624. The lowest BCUT2D eigenvalue weighted by atomic mass is 10.1. The highest BCUT2D eigenvalue weighted by atomic mass is 79.9. The molecule has 100 valence electrons. The van der Waals surface area contributed by atoms with Crippen molar-refractivity contribution in [3.05, 3.63) is 63.3 Å². The summed E-state index contributed by atoms with van der Waals surface area (Å²) in [4.78, 5) is 0. The number of halogens is 3. The van der Waals surface area contributed by atoms with Crippen LogP contribution < -0.4 is 4.74 Å². The largest absolute Gasteiger partial charge is 0.490 e. The van der Waals surface area contributed by atoms with E-state index in [9.17, 15) is 9.50 Å². The Morgan fingerprint density at radius 2 is 2.05 bits per heavy atom. The molecule has 19 heavy (non-hydrogen) atoms. The van der Waals surface area contributed by atoms with Crippen molar-refractivity contribution < 1.29 is 14.2 Å². The van der Waals surface area contributed by atoms with Gasteiger partial charge >= 0.3 is 0 Å². The van der Waals surface area contributed by atoms with Crippen LogP contribution in [0.1, 0.15) is 11.7 Å². The molecular weight excluding hydrogens is 335 g/mol. The molecule has 2 rings (SSSR count). The fraction of sp³-hybridized carbons (Fsp3) is 0.143. The Labute approximate surface area is 123 Å². The molecule has 0 radical (unpaired) electrons. The second-order valence-corrected chi connectivity index (χ2v) is 5.30. The van der Waals surface area contributed by atoms with E-state index in [-0.39, 0.29) is 12.2 Å². The number of rotatable bonds is 4. The molecule has 2 aromatic rings. The Bertz CT molecular complexity index is 577. The molecule has 5 heteroatoms. The Morgan fingerprint density at radius 1 is 1.26 bits per heavy atom. The van der Waals surface area contributed by atoms with Gasteiger partial charge in [0.2, 0.25) is 0 Å². The van der Waals surface area contributed by atoms with Crippen LogP contribution in [0.3, 0.4) is 0 Å². The number of aliphatic hydroxyl groups excluding tert-OH is 1. The molecular formula is C14H11BrClFO2. The second-order valence-electron chi connectivity index (χ2n) is 3.95. The number of hydrogen-bond acceptors (Lipinski definition) is 2. The summed E-state index contributed by atoms with van der Waals surface area (Å²) in [6, 6.07) is 11.2. The first-order valence-corrected chi connectivity index (χ1v) is 6.75. The minimum atomic E-state index is -1.04. The fourth-order valence-corrected chi connectivity index (χ4v) is 2.15. The van der Waals surface area contributed by atoms with Crippen LogP contribution in [0.4, 0.5) is 4.39 Å². The molecule has 2 nitrogen and oxygen atoms in total. The first kappa shape index (κ1) is 14.3. The summed E-state index contributed by atoms with van der Waals surface area (Å²) in [6.07, 6.45) is -1.04. The molecule has 0 aromatic heterocycles. The topological polar surface area (TPSA) is 29.5 Å². The van der Waals surface area contributed by atoms with Crippen LogP contribution in [0, 0.1) is 5.82 Å². The van der Waals surface area contributed by atoms with E-state index >= 15 is 0 Å². The van der Waals surface area contributed by atoms with Crippen molar-refractivity contribution >= 4 is 27.5 Å². The average Bonchev–Trinajstić information content (AvgIpc) is 2.39. The van der Waals surface area contributed by atoms with Gasteiger partial charge in [-0.15, -0.1) is 0 Å². The van der Waals surface area contributed by atoms with Gasteiger partial charge in [0.1, 0.15) is 24.3 Å². The van der Waals surface area contributed by atoms with Crippen molar-refractivity contribution in [3.63, 3.8) is 0 Å². The quantitative estimate of drug-likeness (QED) is 0.892. The van der Waals surface area contributed by atoms with Crippen LogP contribution in [0.25, 0.3) is 0 Å². The molecule has 0 heterocycles. The van der Waals surface area contributed by atoms with Gasteiger partial charge in [0.15, 0.2) is 0 Å². The average molecular weight is 346 g/mol. The van der Waals surface area contributed by atoms with E-state index in [2.05, 4.69) is 15.9 Å². The van der Waals surface area contributed by atoms with Gasteiger partial charge in [-0.2, -0.15) is 0 Å². The number of ether oxygens (including phenoxy) is 1. The molecule has 0 bridgehead atoms. The van der Waals surface area contributed by atoms with E-state index in [1.165, 1.54) is 12.1 Å². The maximum atomic E-state index is 13.6. The molecule has 0 aliphatic carbocycles. The van der Waals surface area contributed by atoms with E-state index in [1.807, 2.05) is 0 Å². The summed E-state index contributed by atoms with van der Waals surface area (Å²) in [5.41, 5.74) is 0.191. The van der Waals surface area contributed by atoms with Crippen molar-refractivity contribution in [2.24, 2.45) is 0 Å². The first-order valence-electron chi connectivity index (χ1n) is 5.57. The summed E-state index contributed by atoms with van der Waals surface area (Å²) in [7, 11) is 0. The van der Waals surface area contributed by atoms with Gasteiger partial charge < -0.3 is 9.84 Å². The summed E-state index contributed by atoms with van der Waals surface area (Å²) in [6.45, 7) is -0.0479. The lowest BCUT2D eigenvalue weighted by Crippen LogP contribution is -2.11. The zero-order chi connectivity index (χ0) is 13.8. The Kier molecular flexibility index (Phi) is 4.80. The molecule has 0 saturated carbocycles. The SMILES string of the molecule is OC(COc1cccc(Cl)c1)c1cc(Br)ccc1F. The highest BCUT2D eigenvalue weighted by Gasteiger charge is 2.14. The third-order valence-corrected chi connectivity index (χ3v) is 3.25. The number of aliphatic hydroxyl groups is 1. The first-order chi connectivity index (χ1) is 9.06. The maximum Gasteiger partial charge on any atom is 0.129 e. The van der Waals surface area contributed by atoms with Crippen molar-refractivity contribution in [2.75, 3.05) is 6.61 Å². The van der Waals surface area contributed by atoms with Crippen LogP contribution in [0.2, 0.25) is 5.02 Å². The van der Waals surface area contributed by atoms with Crippen molar-refractivity contribution in [1.82, 2.24) is 0 Å². The van der Waals surface area contributed by atoms with Gasteiger partial charge in [-0.05, 0) is 36.4 Å². The summed E-state index contributed by atoms with van der Waals surface area (Å²) >= 11 is 9.05. The van der Waals surface area contributed by atoms with Crippen LogP contribution in [-0.4, -0.2) is 11.7 Å². The van der Waals surface area contributed by atoms with Crippen LogP contribution in [0.5, 0.6) is 5.75 Å². The highest BCUT2D eigenvalue weighted by Crippen LogP contribution is 2.23. The Balaban J connectivity index is 2.05. The van der Waals surface area contributed by atoms with Gasteiger partial charge in [-0.3, -0.25) is 0 Å². The second kappa shape index (κ2) is 6.37. The van der Waals surface area contributed by atoms with E-state index < -0.39 is 11.9 Å².